The van der Waals surface area contributed by atoms with Crippen molar-refractivity contribution in [1.29, 1.82) is 0 Å². The molecule has 33 heavy (non-hydrogen) atoms. The number of imide groups is 1. The molecule has 1 saturated heterocycles. The number of halogens is 1. The smallest absolute Gasteiger partial charge is 0.324 e. The number of benzene rings is 1. The fourth-order valence-electron chi connectivity index (χ4n) is 3.72. The number of aliphatic carboxylic acids is 1. The molecule has 1 aliphatic carbocycles. The summed E-state index contributed by atoms with van der Waals surface area (Å²) in [5.41, 5.74) is 0.570. The molecule has 182 valence electrons. The minimum Gasteiger partial charge on any atom is -0.492 e. The summed E-state index contributed by atoms with van der Waals surface area (Å²) in [6.45, 7) is 0.952. The van der Waals surface area contributed by atoms with Gasteiger partial charge in [-0.2, -0.15) is 0 Å². The third-order valence-corrected chi connectivity index (χ3v) is 7.86. The second-order valence-corrected chi connectivity index (χ2v) is 11.3. The molecule has 1 aliphatic heterocycles. The number of carbonyl (C=O) groups excluding carboxylic acids is 2. The van der Waals surface area contributed by atoms with Gasteiger partial charge in [-0.25, -0.2) is 13.2 Å². The molecule has 2 N–H and O–H groups in total. The van der Waals surface area contributed by atoms with E-state index in [1.165, 1.54) is 4.90 Å². The summed E-state index contributed by atoms with van der Waals surface area (Å²) in [6.07, 6.45) is 3.44. The Hall–Kier alpha value is -2.33. The van der Waals surface area contributed by atoms with Gasteiger partial charge in [-0.05, 0) is 49.3 Å². The van der Waals surface area contributed by atoms with Crippen LogP contribution in [0.5, 0.6) is 5.75 Å². The zero-order valence-electron chi connectivity index (χ0n) is 18.3. The minimum absolute atomic E-state index is 0.0292. The highest BCUT2D eigenvalue weighted by Gasteiger charge is 2.27. The summed E-state index contributed by atoms with van der Waals surface area (Å²) in [5, 5.41) is 11.9. The summed E-state index contributed by atoms with van der Waals surface area (Å²) in [4.78, 5) is 35.5. The zero-order chi connectivity index (χ0) is 24.0. The van der Waals surface area contributed by atoms with E-state index in [1.54, 1.807) is 18.2 Å². The summed E-state index contributed by atoms with van der Waals surface area (Å²) in [7, 11) is -3.52. The van der Waals surface area contributed by atoms with E-state index in [9.17, 15) is 27.9 Å². The number of carbonyl (C=O) groups is 3. The van der Waals surface area contributed by atoms with Gasteiger partial charge in [-0.3, -0.25) is 14.9 Å². The van der Waals surface area contributed by atoms with Gasteiger partial charge in [0.25, 0.3) is 0 Å². The number of urea groups is 1. The van der Waals surface area contributed by atoms with E-state index in [0.29, 0.717) is 54.7 Å². The highest BCUT2D eigenvalue weighted by Crippen LogP contribution is 2.34. The summed E-state index contributed by atoms with van der Waals surface area (Å²) < 4.78 is 31.2. The lowest BCUT2D eigenvalue weighted by Gasteiger charge is -2.18. The van der Waals surface area contributed by atoms with E-state index in [1.807, 2.05) is 0 Å². The maximum absolute atomic E-state index is 12.7. The number of rotatable bonds is 14. The van der Waals surface area contributed by atoms with Gasteiger partial charge in [-0.15, -0.1) is 0 Å². The first-order chi connectivity index (χ1) is 15.6. The summed E-state index contributed by atoms with van der Waals surface area (Å²) in [5.74, 6) is -1.54. The molecule has 1 aromatic carbocycles. The van der Waals surface area contributed by atoms with Crippen molar-refractivity contribution in [1.82, 2.24) is 10.2 Å². The Bertz CT molecular complexity index is 994. The Labute approximate surface area is 198 Å². The summed E-state index contributed by atoms with van der Waals surface area (Å²) in [6, 6.07) is 4.49. The number of amides is 3. The van der Waals surface area contributed by atoms with Crippen LogP contribution >= 0.6 is 11.6 Å². The Morgan fingerprint density at radius 1 is 1.24 bits per heavy atom. The van der Waals surface area contributed by atoms with Gasteiger partial charge in [0.1, 0.15) is 12.3 Å². The van der Waals surface area contributed by atoms with Crippen molar-refractivity contribution in [2.45, 2.75) is 44.4 Å². The van der Waals surface area contributed by atoms with Gasteiger partial charge in [0.2, 0.25) is 5.91 Å². The highest BCUT2D eigenvalue weighted by atomic mass is 35.5. The molecule has 0 aromatic heterocycles. The number of hydrogen-bond acceptors (Lipinski definition) is 6. The Balaban J connectivity index is 1.53. The molecule has 1 saturated carbocycles. The van der Waals surface area contributed by atoms with Crippen molar-refractivity contribution in [2.75, 3.05) is 31.2 Å². The normalized spacial score (nSPS) is 17.2. The third kappa shape index (κ3) is 8.19. The van der Waals surface area contributed by atoms with Crippen LogP contribution in [0.1, 0.15) is 50.0 Å². The number of ether oxygens (including phenoxy) is 1. The van der Waals surface area contributed by atoms with E-state index in [0.717, 1.165) is 12.8 Å². The van der Waals surface area contributed by atoms with Crippen molar-refractivity contribution in [3.8, 4) is 5.75 Å². The van der Waals surface area contributed by atoms with Gasteiger partial charge in [0.15, 0.2) is 9.84 Å². The first-order valence-corrected chi connectivity index (χ1v) is 13.3. The fourth-order valence-corrected chi connectivity index (χ4v) is 5.62. The molecule has 2 aliphatic rings. The number of nitrogens with zero attached hydrogens (tertiary/aromatic N) is 1. The fraction of sp³-hybridized carbons (Fsp3) is 0.591. The molecule has 0 bridgehead atoms. The lowest BCUT2D eigenvalue weighted by molar-refractivity contribution is -0.137. The first kappa shape index (κ1) is 25.3. The number of sulfone groups is 1. The predicted octanol–water partition coefficient (Wildman–Crippen LogP) is 2.82. The average molecular weight is 501 g/mol. The molecular weight excluding hydrogens is 472 g/mol. The lowest BCUT2D eigenvalue weighted by atomic mass is 9.97. The Morgan fingerprint density at radius 3 is 2.64 bits per heavy atom. The van der Waals surface area contributed by atoms with Gasteiger partial charge in [0.05, 0.1) is 29.6 Å². The maximum Gasteiger partial charge on any atom is 0.324 e. The number of carboxylic acids is 1. The van der Waals surface area contributed by atoms with Crippen LogP contribution in [-0.4, -0.2) is 67.5 Å². The molecule has 3 rings (SSSR count). The van der Waals surface area contributed by atoms with Gasteiger partial charge in [0, 0.05) is 12.5 Å². The molecular formula is C22H29ClN2O7S. The molecule has 0 unspecified atom stereocenters. The molecule has 11 heteroatoms. The second kappa shape index (κ2) is 11.2. The van der Waals surface area contributed by atoms with Crippen LogP contribution in [0.25, 0.3) is 0 Å². The highest BCUT2D eigenvalue weighted by molar-refractivity contribution is 7.91. The van der Waals surface area contributed by atoms with Crippen LogP contribution in [-0.2, 0) is 19.4 Å². The molecule has 0 radical (unpaired) electrons. The van der Waals surface area contributed by atoms with E-state index >= 15 is 0 Å². The van der Waals surface area contributed by atoms with Crippen molar-refractivity contribution in [2.24, 2.45) is 5.92 Å². The predicted molar refractivity (Wildman–Crippen MR) is 122 cm³/mol. The molecule has 0 spiro atoms. The largest absolute Gasteiger partial charge is 0.492 e. The van der Waals surface area contributed by atoms with Crippen molar-refractivity contribution in [3.05, 3.63) is 28.8 Å². The number of carboxylic acid groups (broad SMARTS) is 1. The van der Waals surface area contributed by atoms with Crippen LogP contribution < -0.4 is 10.1 Å². The topological polar surface area (TPSA) is 130 Å². The first-order valence-electron chi connectivity index (χ1n) is 11.1. The minimum atomic E-state index is -3.52. The van der Waals surface area contributed by atoms with Crippen LogP contribution in [0.3, 0.4) is 0 Å². The molecule has 1 heterocycles. The standard InChI is InChI=1S/C22H29ClN2O7S/c23-18-7-6-16(10-19(18)32-13-15-4-5-15)17(11-21(27)28)14-33(30,31)9-3-1-2-8-25-12-20(26)24-22(25)29/h6-7,10,15,17H,1-5,8-9,11-14H2,(H,27,28)(H,24,26,29)/t17-/m0/s1. The molecule has 3 amide bonds. The Morgan fingerprint density at radius 2 is 2.00 bits per heavy atom. The van der Waals surface area contributed by atoms with E-state index < -0.39 is 27.8 Å². The van der Waals surface area contributed by atoms with Crippen LogP contribution in [0.4, 0.5) is 4.79 Å². The molecule has 9 nitrogen and oxygen atoms in total. The maximum atomic E-state index is 12.7. The van der Waals surface area contributed by atoms with Crippen molar-refractivity contribution >= 4 is 39.3 Å². The van der Waals surface area contributed by atoms with E-state index in [2.05, 4.69) is 5.32 Å². The number of nitrogens with one attached hydrogen (secondary N) is 1. The SMILES string of the molecule is O=C(O)C[C@@H](CS(=O)(=O)CCCCCN1CC(=O)NC1=O)c1ccc(Cl)c(OCC2CC2)c1. The average Bonchev–Trinajstić information content (AvgIpc) is 3.49. The second-order valence-electron chi connectivity index (χ2n) is 8.69. The zero-order valence-corrected chi connectivity index (χ0v) is 19.9. The molecule has 1 atom stereocenters. The van der Waals surface area contributed by atoms with Crippen molar-refractivity contribution < 1.29 is 32.6 Å². The van der Waals surface area contributed by atoms with Crippen molar-refractivity contribution in [3.63, 3.8) is 0 Å². The van der Waals surface area contributed by atoms with Gasteiger partial charge >= 0.3 is 12.0 Å². The third-order valence-electron chi connectivity index (χ3n) is 5.73. The monoisotopic (exact) mass is 500 g/mol. The van der Waals surface area contributed by atoms with Crippen LogP contribution in [0.15, 0.2) is 18.2 Å². The van der Waals surface area contributed by atoms with E-state index in [-0.39, 0.29) is 30.4 Å². The number of hydrogen-bond donors (Lipinski definition) is 2. The quantitative estimate of drug-likeness (QED) is 0.296. The Kier molecular flexibility index (Phi) is 8.58. The van der Waals surface area contributed by atoms with Crippen LogP contribution in [0.2, 0.25) is 5.02 Å². The van der Waals surface area contributed by atoms with E-state index in [4.69, 9.17) is 16.3 Å². The number of unbranched alkanes of at least 4 members (excludes halogenated alkanes) is 2. The lowest BCUT2D eigenvalue weighted by Crippen LogP contribution is -2.29. The van der Waals surface area contributed by atoms with Crippen LogP contribution in [0, 0.1) is 5.92 Å². The molecule has 1 aromatic rings. The van der Waals surface area contributed by atoms with Gasteiger partial charge in [-0.1, -0.05) is 24.1 Å². The van der Waals surface area contributed by atoms with Gasteiger partial charge < -0.3 is 14.7 Å². The summed E-state index contributed by atoms with van der Waals surface area (Å²) >= 11 is 6.20. The molecule has 2 fully saturated rings.